The lowest BCUT2D eigenvalue weighted by molar-refractivity contribution is 0.0357. The molecule has 2 heterocycles. The van der Waals surface area contributed by atoms with Gasteiger partial charge < -0.3 is 19.5 Å². The van der Waals surface area contributed by atoms with Crippen molar-refractivity contribution in [3.05, 3.63) is 46.2 Å². The average Bonchev–Trinajstić information content (AvgIpc) is 2.84. The van der Waals surface area contributed by atoms with Crippen LogP contribution >= 0.6 is 27.5 Å². The van der Waals surface area contributed by atoms with Gasteiger partial charge in [-0.1, -0.05) is 11.6 Å². The molecule has 4 atom stereocenters. The number of methoxy groups -OCH3 is 1. The minimum Gasteiger partial charge on any atom is -0.493 e. The van der Waals surface area contributed by atoms with Crippen LogP contribution in [-0.4, -0.2) is 61.3 Å². The Morgan fingerprint density at radius 2 is 2.13 bits per heavy atom. The predicted octanol–water partition coefficient (Wildman–Crippen LogP) is 4.90. The zero-order valence-electron chi connectivity index (χ0n) is 23.2. The van der Waals surface area contributed by atoms with Gasteiger partial charge in [-0.05, 0) is 46.6 Å². The number of anilines is 2. The predicted molar refractivity (Wildman–Crippen MR) is 126 cm³/mol. The van der Waals surface area contributed by atoms with Crippen molar-refractivity contribution < 1.29 is 23.8 Å². The van der Waals surface area contributed by atoms with E-state index >= 15 is 0 Å². The Balaban J connectivity index is 1.56. The Kier molecular flexibility index (Phi) is 5.01. The maximum atomic E-state index is 8.07. The summed E-state index contributed by atoms with van der Waals surface area (Å²) in [5, 5.41) is 4.22. The lowest BCUT2D eigenvalue weighted by Gasteiger charge is -2.26. The van der Waals surface area contributed by atoms with Gasteiger partial charge in [0.05, 0.1) is 44.2 Å². The number of ether oxygens (including phenoxy) is 3. The van der Waals surface area contributed by atoms with Gasteiger partial charge in [-0.25, -0.2) is 9.97 Å². The fourth-order valence-electron chi connectivity index (χ4n) is 2.97. The number of hydrogen-bond donors (Lipinski definition) is 1. The summed E-state index contributed by atoms with van der Waals surface area (Å²) in [6.45, 7) is -4.40. The third-order valence-corrected chi connectivity index (χ3v) is 5.71. The molecule has 0 radical (unpaired) electrons. The van der Waals surface area contributed by atoms with Crippen LogP contribution in [0.1, 0.15) is 16.0 Å². The molecule has 0 spiro atoms. The molecule has 31 heavy (non-hydrogen) atoms. The molecule has 7 nitrogen and oxygen atoms in total. The van der Waals surface area contributed by atoms with E-state index in [0.29, 0.717) is 33.9 Å². The maximum absolute atomic E-state index is 8.07. The summed E-state index contributed by atoms with van der Waals surface area (Å²) in [6.07, 6.45) is 1.67. The highest BCUT2D eigenvalue weighted by atomic mass is 79.9. The van der Waals surface area contributed by atoms with Crippen molar-refractivity contribution in [2.24, 2.45) is 0 Å². The fraction of sp³-hybridized carbons (Fsp3) is 0.364. The van der Waals surface area contributed by atoms with Crippen LogP contribution in [0.2, 0.25) is 5.02 Å². The van der Waals surface area contributed by atoms with Gasteiger partial charge in [0.1, 0.15) is 12.1 Å². The molecule has 4 unspecified atom stereocenters. The molecular weight excluding hydrogens is 484 g/mol. The summed E-state index contributed by atoms with van der Waals surface area (Å²) in [4.78, 5) is 9.93. The number of nitrogens with one attached hydrogen (secondary N) is 1. The molecule has 1 aliphatic heterocycles. The summed E-state index contributed by atoms with van der Waals surface area (Å²) in [7, 11) is -2.73. The van der Waals surface area contributed by atoms with Crippen LogP contribution < -0.4 is 14.8 Å². The summed E-state index contributed by atoms with van der Waals surface area (Å²) >= 11 is 9.56. The van der Waals surface area contributed by atoms with Crippen molar-refractivity contribution in [3.63, 3.8) is 0 Å². The Morgan fingerprint density at radius 1 is 1.26 bits per heavy atom. The first-order valence-electron chi connectivity index (χ1n) is 13.2. The molecule has 1 N–H and O–H groups in total. The van der Waals surface area contributed by atoms with E-state index < -0.39 is 33.2 Å². The maximum Gasteiger partial charge on any atom is 0.162 e. The zero-order chi connectivity index (χ0) is 27.6. The van der Waals surface area contributed by atoms with Gasteiger partial charge in [0.25, 0.3) is 0 Å². The molecule has 9 heteroatoms. The van der Waals surface area contributed by atoms with Crippen LogP contribution in [0.25, 0.3) is 10.9 Å². The largest absolute Gasteiger partial charge is 0.493 e. The summed E-state index contributed by atoms with van der Waals surface area (Å²) in [5.41, 5.74) is 1.09. The molecule has 0 saturated carbocycles. The van der Waals surface area contributed by atoms with Crippen molar-refractivity contribution in [2.45, 2.75) is 6.42 Å². The van der Waals surface area contributed by atoms with Crippen molar-refractivity contribution >= 4 is 49.9 Å². The molecule has 2 aromatic carbocycles. The fourth-order valence-corrected chi connectivity index (χ4v) is 3.39. The minimum atomic E-state index is -2.73. The summed E-state index contributed by atoms with van der Waals surface area (Å²) in [5.74, 6) is 0.544. The van der Waals surface area contributed by atoms with Crippen LogP contribution in [0, 0.1) is 0 Å². The van der Waals surface area contributed by atoms with E-state index in [0.717, 1.165) is 4.47 Å². The van der Waals surface area contributed by atoms with Gasteiger partial charge in [-0.3, -0.25) is 4.90 Å². The second-order valence-electron chi connectivity index (χ2n) is 6.54. The van der Waals surface area contributed by atoms with Crippen LogP contribution in [0.4, 0.5) is 11.5 Å². The van der Waals surface area contributed by atoms with Gasteiger partial charge in [-0.15, -0.1) is 0 Å². The third-order valence-electron chi connectivity index (χ3n) is 4.47. The van der Waals surface area contributed by atoms with E-state index in [4.69, 9.17) is 35.4 Å². The Bertz CT molecular complexity index is 1280. The van der Waals surface area contributed by atoms with Crippen molar-refractivity contribution in [1.29, 1.82) is 0 Å². The molecule has 1 aliphatic rings. The molecule has 0 amide bonds. The van der Waals surface area contributed by atoms with Gasteiger partial charge in [-0.2, -0.15) is 0 Å². The second kappa shape index (κ2) is 10.5. The number of rotatable bonds is 8. The van der Waals surface area contributed by atoms with Gasteiger partial charge in [0.15, 0.2) is 11.5 Å². The van der Waals surface area contributed by atoms with Crippen molar-refractivity contribution in [2.75, 3.05) is 51.7 Å². The quantitative estimate of drug-likeness (QED) is 0.429. The Morgan fingerprint density at radius 3 is 2.94 bits per heavy atom. The first-order valence-corrected chi connectivity index (χ1v) is 10.5. The smallest absolute Gasteiger partial charge is 0.162 e. The van der Waals surface area contributed by atoms with Gasteiger partial charge in [0, 0.05) is 43.9 Å². The molecule has 3 aromatic rings. The molecule has 1 aromatic heterocycles. The van der Waals surface area contributed by atoms with Crippen LogP contribution in [0.15, 0.2) is 41.1 Å². The normalized spacial score (nSPS) is 27.7. The van der Waals surface area contributed by atoms with E-state index in [1.165, 1.54) is 17.3 Å². The topological polar surface area (TPSA) is 68.7 Å². The van der Waals surface area contributed by atoms with Crippen LogP contribution in [0.3, 0.4) is 0 Å². The molecule has 0 bridgehead atoms. The van der Waals surface area contributed by atoms with E-state index in [2.05, 4.69) is 31.2 Å². The van der Waals surface area contributed by atoms with E-state index in [1.54, 1.807) is 24.3 Å². The number of nitrogens with zero attached hydrogens (tertiary/aromatic N) is 3. The lowest BCUT2D eigenvalue weighted by Crippen LogP contribution is -2.37. The highest BCUT2D eigenvalue weighted by Crippen LogP contribution is 2.35. The zero-order valence-corrected chi connectivity index (χ0v) is 18.6. The molecular formula is C22H24BrClN4O3. The Labute approximate surface area is 204 Å². The second-order valence-corrected chi connectivity index (χ2v) is 7.80. The summed E-state index contributed by atoms with van der Waals surface area (Å²) < 4.78 is 71.1. The number of hydrogen-bond acceptors (Lipinski definition) is 7. The number of fused-ring (bicyclic) bond motifs is 1. The molecule has 1 saturated heterocycles. The van der Waals surface area contributed by atoms with E-state index in [9.17, 15) is 0 Å². The minimum absolute atomic E-state index is 0.0330. The number of benzene rings is 2. The first kappa shape index (κ1) is 14.8. The standard InChI is InChI=1S/C22H24BrClN4O3/c1-29-20-13-19-16(12-21(20)31-8-2-5-28-6-9-30-10-7-28)22(26-14-25-19)27-15-3-4-17(23)18(24)11-15/h3-4,11-14H,2,5-10H2,1H3,(H,25,26,27)/i1D3,6D,7D,9D,10D. The number of aromatic nitrogens is 2. The monoisotopic (exact) mass is 513 g/mol. The van der Waals surface area contributed by atoms with Gasteiger partial charge >= 0.3 is 0 Å². The third kappa shape index (κ3) is 5.57. The van der Waals surface area contributed by atoms with Gasteiger partial charge in [0.2, 0.25) is 0 Å². The molecule has 4 rings (SSSR count). The molecule has 1 fully saturated rings. The molecule has 0 aliphatic carbocycles. The van der Waals surface area contributed by atoms with Crippen LogP contribution in [0.5, 0.6) is 11.5 Å². The van der Waals surface area contributed by atoms with Crippen molar-refractivity contribution in [1.82, 2.24) is 14.9 Å². The molecule has 164 valence electrons. The van der Waals surface area contributed by atoms with E-state index in [-0.39, 0.29) is 24.7 Å². The van der Waals surface area contributed by atoms with Crippen LogP contribution in [-0.2, 0) is 4.74 Å². The summed E-state index contributed by atoms with van der Waals surface area (Å²) in [6, 6.07) is 8.34. The van der Waals surface area contributed by atoms with E-state index in [1.807, 2.05) is 0 Å². The Hall–Kier alpha value is -2.13. The number of morpholine rings is 1. The highest BCUT2D eigenvalue weighted by molar-refractivity contribution is 9.10. The first-order chi connectivity index (χ1) is 17.9. The van der Waals surface area contributed by atoms with Crippen molar-refractivity contribution in [3.8, 4) is 11.5 Å². The lowest BCUT2D eigenvalue weighted by atomic mass is 10.2. The highest BCUT2D eigenvalue weighted by Gasteiger charge is 2.13. The number of halogens is 2. The SMILES string of the molecule is [2H]C1OC([2H])C([2H])N(CCCOc2cc3c(Nc4ccc(Br)c(Cl)c4)ncnc3cc2OC([2H])([2H])[2H])C1[2H]. The average molecular weight is 515 g/mol.